The van der Waals surface area contributed by atoms with E-state index in [0.717, 1.165) is 0 Å². The van der Waals surface area contributed by atoms with Crippen LogP contribution in [0.2, 0.25) is 0 Å². The minimum atomic E-state index is -1.50. The van der Waals surface area contributed by atoms with Gasteiger partial charge in [0, 0.05) is 0 Å². The summed E-state index contributed by atoms with van der Waals surface area (Å²) < 4.78 is 11.5. The summed E-state index contributed by atoms with van der Waals surface area (Å²) in [6.45, 7) is -0.590. The Morgan fingerprint density at radius 2 is 2.13 bits per heavy atom. The molecule has 0 amide bonds. The third-order valence-corrected chi connectivity index (χ3v) is 3.47. The summed E-state index contributed by atoms with van der Waals surface area (Å²) in [6, 6.07) is 0. The van der Waals surface area contributed by atoms with Crippen LogP contribution >= 0.6 is 0 Å². The second kappa shape index (κ2) is 6.04. The fourth-order valence-corrected chi connectivity index (χ4v) is 2.37. The van der Waals surface area contributed by atoms with Crippen molar-refractivity contribution in [1.29, 1.82) is 0 Å². The molecule has 5 N–H and O–H groups in total. The van der Waals surface area contributed by atoms with Crippen LogP contribution < -0.4 is 5.73 Å². The lowest BCUT2D eigenvalue weighted by Gasteiger charge is -2.16. The highest BCUT2D eigenvalue weighted by Crippen LogP contribution is 2.32. The molecule has 1 aliphatic heterocycles. The summed E-state index contributed by atoms with van der Waals surface area (Å²) in [6.07, 6.45) is -2.86. The van der Waals surface area contributed by atoms with E-state index in [-0.39, 0.29) is 24.7 Å². The fraction of sp³-hybridized carbons (Fsp3) is 0.500. The fourth-order valence-electron chi connectivity index (χ4n) is 2.37. The number of ether oxygens (including phenoxy) is 2. The van der Waals surface area contributed by atoms with Crippen LogP contribution in [0.15, 0.2) is 12.7 Å². The van der Waals surface area contributed by atoms with Gasteiger partial charge in [0.05, 0.1) is 12.9 Å². The molecule has 1 aliphatic rings. The van der Waals surface area contributed by atoms with E-state index in [9.17, 15) is 15.0 Å². The number of aliphatic hydroxyl groups excluding tert-OH is 3. The molecule has 1 fully saturated rings. The molecule has 3 rings (SSSR count). The van der Waals surface area contributed by atoms with Crippen molar-refractivity contribution in [3.8, 4) is 0 Å². The lowest BCUT2D eigenvalue weighted by molar-refractivity contribution is -0.162. The molecule has 0 aromatic carbocycles. The van der Waals surface area contributed by atoms with Gasteiger partial charge in [-0.3, -0.25) is 4.57 Å². The molecule has 2 aromatic heterocycles. The standard InChI is InChI=1S/C12H15N5O6/c13-9-5-10(15-3-14-9)17(4-16-5)11-7(20)6(19)8(23-11)12(21)22-2-1-18/h3-4,6-8,11,18-20H,1-2H2,(H2,13,14,15)/t6-,7-,8-,11+/m1/s1. The third-order valence-electron chi connectivity index (χ3n) is 3.47. The minimum Gasteiger partial charge on any atom is -0.461 e. The SMILES string of the molecule is Nc1ncnc2c1ncn2[C@H]1O[C@@H](C(=O)OCCO)[C@H](O)[C@H]1O. The van der Waals surface area contributed by atoms with E-state index < -0.39 is 30.5 Å². The number of fused-ring (bicyclic) bond motifs is 1. The van der Waals surface area contributed by atoms with Crippen LogP contribution in [0.5, 0.6) is 0 Å². The lowest BCUT2D eigenvalue weighted by Crippen LogP contribution is -2.37. The lowest BCUT2D eigenvalue weighted by atomic mass is 10.1. The molecule has 0 radical (unpaired) electrons. The number of carbonyl (C=O) groups is 1. The second-order valence-electron chi connectivity index (χ2n) is 4.90. The number of anilines is 1. The normalized spacial score (nSPS) is 27.4. The van der Waals surface area contributed by atoms with Gasteiger partial charge in [0.15, 0.2) is 23.8 Å². The predicted molar refractivity (Wildman–Crippen MR) is 73.7 cm³/mol. The number of aromatic nitrogens is 4. The van der Waals surface area contributed by atoms with Crippen molar-refractivity contribution in [2.45, 2.75) is 24.5 Å². The Labute approximate surface area is 129 Å². The van der Waals surface area contributed by atoms with Crippen molar-refractivity contribution in [1.82, 2.24) is 19.5 Å². The number of rotatable bonds is 4. The number of hydrogen-bond donors (Lipinski definition) is 4. The van der Waals surface area contributed by atoms with Crippen LogP contribution in [0, 0.1) is 0 Å². The van der Waals surface area contributed by atoms with E-state index in [2.05, 4.69) is 15.0 Å². The van der Waals surface area contributed by atoms with E-state index in [4.69, 9.17) is 20.3 Å². The molecule has 23 heavy (non-hydrogen) atoms. The molecule has 0 bridgehead atoms. The molecule has 124 valence electrons. The number of aliphatic hydroxyl groups is 3. The summed E-state index contributed by atoms with van der Waals surface area (Å²) in [7, 11) is 0. The van der Waals surface area contributed by atoms with Gasteiger partial charge in [-0.1, -0.05) is 0 Å². The van der Waals surface area contributed by atoms with Crippen LogP contribution in [-0.4, -0.2) is 72.3 Å². The van der Waals surface area contributed by atoms with E-state index in [1.807, 2.05) is 0 Å². The van der Waals surface area contributed by atoms with Gasteiger partial charge in [-0.05, 0) is 0 Å². The Bertz CT molecular complexity index is 721. The van der Waals surface area contributed by atoms with Crippen molar-refractivity contribution in [3.05, 3.63) is 12.7 Å². The maximum Gasteiger partial charge on any atom is 0.338 e. The monoisotopic (exact) mass is 325 g/mol. The smallest absolute Gasteiger partial charge is 0.338 e. The van der Waals surface area contributed by atoms with Gasteiger partial charge in [-0.25, -0.2) is 19.7 Å². The minimum absolute atomic E-state index is 0.153. The number of nitrogen functional groups attached to an aromatic ring is 1. The van der Waals surface area contributed by atoms with E-state index >= 15 is 0 Å². The van der Waals surface area contributed by atoms with Gasteiger partial charge in [0.2, 0.25) is 0 Å². The summed E-state index contributed by atoms with van der Waals surface area (Å²) in [5.41, 5.74) is 6.28. The molecule has 11 heteroatoms. The summed E-state index contributed by atoms with van der Waals surface area (Å²) in [5.74, 6) is -0.729. The molecule has 0 spiro atoms. The molecule has 0 aliphatic carbocycles. The Morgan fingerprint density at radius 3 is 2.87 bits per heavy atom. The van der Waals surface area contributed by atoms with E-state index in [0.29, 0.717) is 5.52 Å². The largest absolute Gasteiger partial charge is 0.461 e. The van der Waals surface area contributed by atoms with Crippen molar-refractivity contribution >= 4 is 23.0 Å². The first-order valence-corrected chi connectivity index (χ1v) is 6.76. The van der Waals surface area contributed by atoms with Crippen LogP contribution in [0.25, 0.3) is 11.2 Å². The molecule has 3 heterocycles. The highest BCUT2D eigenvalue weighted by atomic mass is 16.6. The average molecular weight is 325 g/mol. The molecule has 1 saturated heterocycles. The maximum absolute atomic E-state index is 11.8. The zero-order chi connectivity index (χ0) is 16.6. The Morgan fingerprint density at radius 1 is 1.35 bits per heavy atom. The summed E-state index contributed by atoms with van der Waals surface area (Å²) in [5, 5.41) is 28.8. The highest BCUT2D eigenvalue weighted by Gasteiger charge is 2.48. The van der Waals surface area contributed by atoms with Gasteiger partial charge in [0.1, 0.15) is 30.7 Å². The number of hydrogen-bond acceptors (Lipinski definition) is 10. The number of nitrogens with two attached hydrogens (primary N) is 1. The van der Waals surface area contributed by atoms with Crippen molar-refractivity contribution < 1.29 is 29.6 Å². The average Bonchev–Trinajstić information content (AvgIpc) is 3.09. The summed E-state index contributed by atoms with van der Waals surface area (Å²) in [4.78, 5) is 23.6. The molecule has 4 atom stereocenters. The Hall–Kier alpha value is -2.34. The molecule has 11 nitrogen and oxygen atoms in total. The van der Waals surface area contributed by atoms with Gasteiger partial charge < -0.3 is 30.5 Å². The number of carbonyl (C=O) groups excluding carboxylic acids is 1. The highest BCUT2D eigenvalue weighted by molar-refractivity contribution is 5.81. The first kappa shape index (κ1) is 15.6. The Balaban J connectivity index is 1.88. The van der Waals surface area contributed by atoms with Crippen molar-refractivity contribution in [2.75, 3.05) is 18.9 Å². The van der Waals surface area contributed by atoms with Crippen LogP contribution in [0.3, 0.4) is 0 Å². The van der Waals surface area contributed by atoms with Gasteiger partial charge in [-0.2, -0.15) is 0 Å². The molecule has 0 saturated carbocycles. The van der Waals surface area contributed by atoms with Crippen LogP contribution in [-0.2, 0) is 14.3 Å². The quantitative estimate of drug-likeness (QED) is 0.444. The van der Waals surface area contributed by atoms with Crippen LogP contribution in [0.4, 0.5) is 5.82 Å². The maximum atomic E-state index is 11.8. The van der Waals surface area contributed by atoms with Crippen molar-refractivity contribution in [3.63, 3.8) is 0 Å². The molecule has 2 aromatic rings. The molecule has 0 unspecified atom stereocenters. The van der Waals surface area contributed by atoms with Crippen LogP contribution in [0.1, 0.15) is 6.23 Å². The topological polar surface area (TPSA) is 166 Å². The number of imidazole rings is 1. The van der Waals surface area contributed by atoms with Gasteiger partial charge >= 0.3 is 5.97 Å². The predicted octanol–water partition coefficient (Wildman–Crippen LogP) is -2.44. The first-order chi connectivity index (χ1) is 11.0. The third kappa shape index (κ3) is 2.59. The number of esters is 1. The summed E-state index contributed by atoms with van der Waals surface area (Å²) >= 11 is 0. The molecular formula is C12H15N5O6. The van der Waals surface area contributed by atoms with E-state index in [1.54, 1.807) is 0 Å². The molecular weight excluding hydrogens is 310 g/mol. The zero-order valence-corrected chi connectivity index (χ0v) is 11.8. The van der Waals surface area contributed by atoms with E-state index in [1.165, 1.54) is 17.2 Å². The van der Waals surface area contributed by atoms with Gasteiger partial charge in [0.25, 0.3) is 0 Å². The zero-order valence-electron chi connectivity index (χ0n) is 11.8. The van der Waals surface area contributed by atoms with Crippen molar-refractivity contribution in [2.24, 2.45) is 0 Å². The first-order valence-electron chi connectivity index (χ1n) is 6.76. The Kier molecular flexibility index (Phi) is 4.09. The second-order valence-corrected chi connectivity index (χ2v) is 4.90. The van der Waals surface area contributed by atoms with Gasteiger partial charge in [-0.15, -0.1) is 0 Å². The number of nitrogens with zero attached hydrogens (tertiary/aromatic N) is 4.